The van der Waals surface area contributed by atoms with Gasteiger partial charge in [-0.05, 0) is 18.4 Å². The molecule has 1 atom stereocenters. The summed E-state index contributed by atoms with van der Waals surface area (Å²) in [5.41, 5.74) is 0.359. The molecule has 1 aromatic rings. The number of aliphatic hydroxyl groups is 1. The highest BCUT2D eigenvalue weighted by atomic mass is 16.5. The van der Waals surface area contributed by atoms with E-state index in [0.29, 0.717) is 0 Å². The Kier molecular flexibility index (Phi) is 5.15. The third-order valence-corrected chi connectivity index (χ3v) is 4.08. The van der Waals surface area contributed by atoms with E-state index in [1.54, 1.807) is 0 Å². The highest BCUT2D eigenvalue weighted by Crippen LogP contribution is 2.29. The molecular weight excluding hydrogens is 254 g/mol. The van der Waals surface area contributed by atoms with Crippen LogP contribution in [0.2, 0.25) is 0 Å². The summed E-state index contributed by atoms with van der Waals surface area (Å²) in [6, 6.07) is 9.43. The van der Waals surface area contributed by atoms with E-state index in [9.17, 15) is 9.90 Å². The van der Waals surface area contributed by atoms with Crippen LogP contribution in [0.15, 0.2) is 30.3 Å². The molecule has 4 heteroatoms. The van der Waals surface area contributed by atoms with Crippen molar-refractivity contribution in [2.45, 2.75) is 43.7 Å². The highest BCUT2D eigenvalue weighted by Gasteiger charge is 2.35. The number of carbonyl (C=O) groups is 1. The number of ether oxygens (including phenoxy) is 1. The topological polar surface area (TPSA) is 58.6 Å². The molecule has 0 spiro atoms. The minimum atomic E-state index is -0.624. The third kappa shape index (κ3) is 3.38. The van der Waals surface area contributed by atoms with E-state index in [4.69, 9.17) is 4.74 Å². The van der Waals surface area contributed by atoms with Crippen molar-refractivity contribution in [1.29, 1.82) is 0 Å². The van der Waals surface area contributed by atoms with Gasteiger partial charge in [0.15, 0.2) is 6.10 Å². The molecule has 1 amide bonds. The molecule has 20 heavy (non-hydrogen) atoms. The van der Waals surface area contributed by atoms with Crippen molar-refractivity contribution in [1.82, 2.24) is 5.32 Å². The standard InChI is InChI=1S/C16H23NO3/c1-20-14(13-8-4-2-5-9-13)15(19)17-16(12-18)10-6-3-7-11-16/h2,4-5,8-9,14,18H,3,6-7,10-12H2,1H3,(H,17,19). The van der Waals surface area contributed by atoms with Crippen molar-refractivity contribution in [3.8, 4) is 0 Å². The minimum absolute atomic E-state index is 0.00996. The molecule has 4 nitrogen and oxygen atoms in total. The van der Waals surface area contributed by atoms with E-state index in [0.717, 1.165) is 31.2 Å². The number of benzene rings is 1. The molecule has 1 aromatic carbocycles. The normalized spacial score (nSPS) is 19.3. The van der Waals surface area contributed by atoms with Crippen LogP contribution in [0, 0.1) is 0 Å². The summed E-state index contributed by atoms with van der Waals surface area (Å²) in [6.07, 6.45) is 4.31. The molecule has 0 aliphatic heterocycles. The monoisotopic (exact) mass is 277 g/mol. The average Bonchev–Trinajstić information content (AvgIpc) is 2.50. The number of hydrogen-bond donors (Lipinski definition) is 2. The zero-order valence-corrected chi connectivity index (χ0v) is 12.0. The molecule has 2 rings (SSSR count). The molecule has 1 aliphatic rings. The van der Waals surface area contributed by atoms with Gasteiger partial charge >= 0.3 is 0 Å². The van der Waals surface area contributed by atoms with Gasteiger partial charge in [0, 0.05) is 7.11 Å². The molecule has 110 valence electrons. The predicted octanol–water partition coefficient (Wildman–Crippen LogP) is 2.19. The van der Waals surface area contributed by atoms with Gasteiger partial charge in [0.05, 0.1) is 12.1 Å². The average molecular weight is 277 g/mol. The molecule has 0 heterocycles. The molecule has 0 aromatic heterocycles. The van der Waals surface area contributed by atoms with E-state index >= 15 is 0 Å². The number of aliphatic hydroxyl groups excluding tert-OH is 1. The van der Waals surface area contributed by atoms with Gasteiger partial charge < -0.3 is 15.2 Å². The van der Waals surface area contributed by atoms with E-state index < -0.39 is 11.6 Å². The predicted molar refractivity (Wildman–Crippen MR) is 77.2 cm³/mol. The van der Waals surface area contributed by atoms with Gasteiger partial charge in [-0.3, -0.25) is 4.79 Å². The van der Waals surface area contributed by atoms with Gasteiger partial charge in [0.25, 0.3) is 5.91 Å². The van der Waals surface area contributed by atoms with Crippen molar-refractivity contribution in [2.24, 2.45) is 0 Å². The second-order valence-electron chi connectivity index (χ2n) is 5.51. The lowest BCUT2D eigenvalue weighted by Gasteiger charge is -2.37. The Morgan fingerprint density at radius 3 is 2.50 bits per heavy atom. The maximum Gasteiger partial charge on any atom is 0.254 e. The first-order valence-corrected chi connectivity index (χ1v) is 7.21. The van der Waals surface area contributed by atoms with Crippen molar-refractivity contribution < 1.29 is 14.6 Å². The van der Waals surface area contributed by atoms with Crippen LogP contribution in [-0.2, 0) is 9.53 Å². The Morgan fingerprint density at radius 1 is 1.30 bits per heavy atom. The van der Waals surface area contributed by atoms with Crippen LogP contribution in [0.4, 0.5) is 0 Å². The van der Waals surface area contributed by atoms with Crippen LogP contribution in [-0.4, -0.2) is 30.3 Å². The van der Waals surface area contributed by atoms with E-state index in [1.165, 1.54) is 13.5 Å². The van der Waals surface area contributed by atoms with Crippen LogP contribution in [0.1, 0.15) is 43.8 Å². The molecule has 1 unspecified atom stereocenters. The largest absolute Gasteiger partial charge is 0.394 e. The minimum Gasteiger partial charge on any atom is -0.394 e. The summed E-state index contributed by atoms with van der Waals surface area (Å²) in [4.78, 5) is 12.5. The van der Waals surface area contributed by atoms with Crippen LogP contribution in [0.3, 0.4) is 0 Å². The SMILES string of the molecule is COC(C(=O)NC1(CO)CCCCC1)c1ccccc1. The zero-order valence-electron chi connectivity index (χ0n) is 12.0. The maximum absolute atomic E-state index is 12.5. The van der Waals surface area contributed by atoms with Crippen LogP contribution < -0.4 is 5.32 Å². The van der Waals surface area contributed by atoms with Crippen LogP contribution >= 0.6 is 0 Å². The summed E-state index contributed by atoms with van der Waals surface area (Å²) < 4.78 is 5.34. The zero-order chi connectivity index (χ0) is 14.4. The molecule has 0 radical (unpaired) electrons. The summed E-state index contributed by atoms with van der Waals surface area (Å²) >= 11 is 0. The van der Waals surface area contributed by atoms with E-state index in [-0.39, 0.29) is 12.5 Å². The Labute approximate surface area is 120 Å². The fourth-order valence-corrected chi connectivity index (χ4v) is 2.90. The van der Waals surface area contributed by atoms with Crippen molar-refractivity contribution in [2.75, 3.05) is 13.7 Å². The van der Waals surface area contributed by atoms with E-state index in [1.807, 2.05) is 30.3 Å². The Hall–Kier alpha value is -1.39. The number of methoxy groups -OCH3 is 1. The van der Waals surface area contributed by atoms with Gasteiger partial charge in [0.1, 0.15) is 0 Å². The number of rotatable bonds is 5. The second kappa shape index (κ2) is 6.86. The Balaban J connectivity index is 2.09. The lowest BCUT2D eigenvalue weighted by molar-refractivity contribution is -0.134. The fraction of sp³-hybridized carbons (Fsp3) is 0.562. The van der Waals surface area contributed by atoms with Gasteiger partial charge in [-0.2, -0.15) is 0 Å². The first kappa shape index (κ1) is 15.0. The van der Waals surface area contributed by atoms with Gasteiger partial charge in [-0.1, -0.05) is 49.6 Å². The van der Waals surface area contributed by atoms with Gasteiger partial charge in [0.2, 0.25) is 0 Å². The summed E-state index contributed by atoms with van der Waals surface area (Å²) in [5, 5.41) is 12.7. The Bertz CT molecular complexity index is 427. The second-order valence-corrected chi connectivity index (χ2v) is 5.51. The summed E-state index contributed by atoms with van der Waals surface area (Å²) in [5.74, 6) is -0.172. The number of carbonyl (C=O) groups excluding carboxylic acids is 1. The highest BCUT2D eigenvalue weighted by molar-refractivity contribution is 5.83. The molecule has 2 N–H and O–H groups in total. The first-order valence-electron chi connectivity index (χ1n) is 7.21. The summed E-state index contributed by atoms with van der Waals surface area (Å²) in [6.45, 7) is -0.00996. The molecule has 1 fully saturated rings. The Morgan fingerprint density at radius 2 is 1.95 bits per heavy atom. The van der Waals surface area contributed by atoms with Crippen molar-refractivity contribution in [3.05, 3.63) is 35.9 Å². The number of amides is 1. The van der Waals surface area contributed by atoms with Crippen molar-refractivity contribution >= 4 is 5.91 Å². The molecule has 0 bridgehead atoms. The molecule has 1 saturated carbocycles. The number of nitrogens with one attached hydrogen (secondary N) is 1. The van der Waals surface area contributed by atoms with Crippen LogP contribution in [0.5, 0.6) is 0 Å². The van der Waals surface area contributed by atoms with Gasteiger partial charge in [-0.15, -0.1) is 0 Å². The third-order valence-electron chi connectivity index (χ3n) is 4.08. The molecule has 1 aliphatic carbocycles. The quantitative estimate of drug-likeness (QED) is 0.867. The van der Waals surface area contributed by atoms with E-state index in [2.05, 4.69) is 5.32 Å². The number of hydrogen-bond acceptors (Lipinski definition) is 3. The summed E-state index contributed by atoms with van der Waals surface area (Å²) in [7, 11) is 1.53. The smallest absolute Gasteiger partial charge is 0.254 e. The maximum atomic E-state index is 12.5. The first-order chi connectivity index (χ1) is 9.71. The van der Waals surface area contributed by atoms with Gasteiger partial charge in [-0.25, -0.2) is 0 Å². The molecule has 0 saturated heterocycles. The van der Waals surface area contributed by atoms with Crippen LogP contribution in [0.25, 0.3) is 0 Å². The van der Waals surface area contributed by atoms with Crippen molar-refractivity contribution in [3.63, 3.8) is 0 Å². The fourth-order valence-electron chi connectivity index (χ4n) is 2.90. The lowest BCUT2D eigenvalue weighted by atomic mass is 9.82. The lowest BCUT2D eigenvalue weighted by Crippen LogP contribution is -2.53. The molecular formula is C16H23NO3.